The number of sulfonamides is 1. The normalized spacial score (nSPS) is 15.5. The standard InChI is InChI=1S/C21H22FN3O3S/c22-16-4-9-19-15(14-23-20(19)13-16)12-21(26)24-17-5-7-18(8-6-17)29(27,28)25-10-2-1-3-11-25/h4-9,13-14,23H,1-3,10-12H2,(H,24,26). The van der Waals surface area contributed by atoms with E-state index in [9.17, 15) is 17.6 Å². The van der Waals surface area contributed by atoms with Gasteiger partial charge in [0.15, 0.2) is 0 Å². The van der Waals surface area contributed by atoms with E-state index in [-0.39, 0.29) is 23.0 Å². The molecule has 0 spiro atoms. The molecule has 2 aromatic carbocycles. The molecular weight excluding hydrogens is 393 g/mol. The molecule has 0 radical (unpaired) electrons. The second kappa shape index (κ2) is 7.96. The van der Waals surface area contributed by atoms with Crippen LogP contribution in [0, 0.1) is 5.82 Å². The molecule has 3 aromatic rings. The third kappa shape index (κ3) is 4.18. The highest BCUT2D eigenvalue weighted by molar-refractivity contribution is 7.89. The van der Waals surface area contributed by atoms with Crippen LogP contribution in [0.15, 0.2) is 53.6 Å². The number of carbonyl (C=O) groups is 1. The Labute approximate surface area is 168 Å². The fourth-order valence-electron chi connectivity index (χ4n) is 3.65. The van der Waals surface area contributed by atoms with Crippen molar-refractivity contribution in [3.8, 4) is 0 Å². The summed E-state index contributed by atoms with van der Waals surface area (Å²) in [4.78, 5) is 15.6. The summed E-state index contributed by atoms with van der Waals surface area (Å²) in [6.07, 6.45) is 4.64. The first kappa shape index (κ1) is 19.6. The largest absolute Gasteiger partial charge is 0.361 e. The van der Waals surface area contributed by atoms with Gasteiger partial charge in [0.1, 0.15) is 5.82 Å². The quantitative estimate of drug-likeness (QED) is 0.667. The lowest BCUT2D eigenvalue weighted by Crippen LogP contribution is -2.35. The van der Waals surface area contributed by atoms with Crippen molar-refractivity contribution in [3.63, 3.8) is 0 Å². The Hall–Kier alpha value is -2.71. The van der Waals surface area contributed by atoms with E-state index < -0.39 is 10.0 Å². The number of nitrogens with one attached hydrogen (secondary N) is 2. The first-order valence-electron chi connectivity index (χ1n) is 9.59. The van der Waals surface area contributed by atoms with E-state index in [1.54, 1.807) is 24.4 Å². The predicted octanol–water partition coefficient (Wildman–Crippen LogP) is 3.66. The average Bonchev–Trinajstić information content (AvgIpc) is 3.10. The molecule has 1 amide bonds. The number of carbonyl (C=O) groups excluding carboxylic acids is 1. The van der Waals surface area contributed by atoms with Gasteiger partial charge in [-0.3, -0.25) is 4.79 Å². The maximum Gasteiger partial charge on any atom is 0.243 e. The molecule has 1 aliphatic rings. The molecule has 0 aliphatic carbocycles. The van der Waals surface area contributed by atoms with Crippen LogP contribution in [0.4, 0.5) is 10.1 Å². The van der Waals surface area contributed by atoms with Crippen molar-refractivity contribution in [2.75, 3.05) is 18.4 Å². The highest BCUT2D eigenvalue weighted by atomic mass is 32.2. The zero-order chi connectivity index (χ0) is 20.4. The molecule has 1 aliphatic heterocycles. The molecule has 4 rings (SSSR count). The van der Waals surface area contributed by atoms with Gasteiger partial charge in [0.2, 0.25) is 15.9 Å². The molecular formula is C21H22FN3O3S. The Morgan fingerprint density at radius 1 is 1.07 bits per heavy atom. The molecule has 1 aromatic heterocycles. The van der Waals surface area contributed by atoms with Crippen LogP contribution in [0.1, 0.15) is 24.8 Å². The lowest BCUT2D eigenvalue weighted by atomic mass is 10.1. The number of rotatable bonds is 5. The fourth-order valence-corrected chi connectivity index (χ4v) is 5.16. The maximum atomic E-state index is 13.3. The molecule has 8 heteroatoms. The average molecular weight is 415 g/mol. The summed E-state index contributed by atoms with van der Waals surface area (Å²) in [5.74, 6) is -0.572. The van der Waals surface area contributed by atoms with Gasteiger partial charge in [-0.15, -0.1) is 0 Å². The number of anilines is 1. The summed E-state index contributed by atoms with van der Waals surface area (Å²) in [6.45, 7) is 1.10. The number of hydrogen-bond donors (Lipinski definition) is 2. The highest BCUT2D eigenvalue weighted by Crippen LogP contribution is 2.23. The Bertz CT molecular complexity index is 1130. The van der Waals surface area contributed by atoms with E-state index in [0.717, 1.165) is 30.2 Å². The number of piperidine rings is 1. The smallest absolute Gasteiger partial charge is 0.243 e. The number of aromatic amines is 1. The van der Waals surface area contributed by atoms with Gasteiger partial charge in [-0.25, -0.2) is 12.8 Å². The van der Waals surface area contributed by atoms with Gasteiger partial charge in [0.25, 0.3) is 0 Å². The van der Waals surface area contributed by atoms with Crippen LogP contribution in [-0.4, -0.2) is 36.7 Å². The van der Waals surface area contributed by atoms with Gasteiger partial charge in [0, 0.05) is 35.9 Å². The van der Waals surface area contributed by atoms with Gasteiger partial charge >= 0.3 is 0 Å². The third-order valence-corrected chi connectivity index (χ3v) is 7.08. The molecule has 1 fully saturated rings. The topological polar surface area (TPSA) is 82.3 Å². The summed E-state index contributed by atoms with van der Waals surface area (Å²) in [6, 6.07) is 10.6. The van der Waals surface area contributed by atoms with Crippen molar-refractivity contribution in [3.05, 3.63) is 60.0 Å². The van der Waals surface area contributed by atoms with Crippen LogP contribution in [-0.2, 0) is 21.2 Å². The second-order valence-electron chi connectivity index (χ2n) is 7.22. The third-order valence-electron chi connectivity index (χ3n) is 5.17. The van der Waals surface area contributed by atoms with Gasteiger partial charge in [0.05, 0.1) is 11.3 Å². The SMILES string of the molecule is O=C(Cc1c[nH]c2cc(F)ccc12)Nc1ccc(S(=O)(=O)N2CCCCC2)cc1. The summed E-state index contributed by atoms with van der Waals surface area (Å²) in [7, 11) is -3.49. The Morgan fingerprint density at radius 3 is 2.52 bits per heavy atom. The Morgan fingerprint density at radius 2 is 1.79 bits per heavy atom. The van der Waals surface area contributed by atoms with Gasteiger partial charge in [-0.1, -0.05) is 6.42 Å². The van der Waals surface area contributed by atoms with E-state index in [4.69, 9.17) is 0 Å². The first-order valence-corrected chi connectivity index (χ1v) is 11.0. The number of benzene rings is 2. The number of hydrogen-bond acceptors (Lipinski definition) is 3. The summed E-state index contributed by atoms with van der Waals surface area (Å²) in [5, 5.41) is 3.58. The molecule has 6 nitrogen and oxygen atoms in total. The van der Waals surface area contributed by atoms with Crippen molar-refractivity contribution in [2.45, 2.75) is 30.6 Å². The molecule has 2 heterocycles. The molecule has 0 unspecified atom stereocenters. The minimum Gasteiger partial charge on any atom is -0.361 e. The predicted molar refractivity (Wildman–Crippen MR) is 110 cm³/mol. The summed E-state index contributed by atoms with van der Waals surface area (Å²) < 4.78 is 40.2. The van der Waals surface area contributed by atoms with Crippen LogP contribution < -0.4 is 5.32 Å². The Balaban J connectivity index is 1.43. The van der Waals surface area contributed by atoms with Crippen molar-refractivity contribution >= 4 is 32.5 Å². The van der Waals surface area contributed by atoms with Crippen LogP contribution in [0.25, 0.3) is 10.9 Å². The lowest BCUT2D eigenvalue weighted by molar-refractivity contribution is -0.115. The number of nitrogens with zero attached hydrogens (tertiary/aromatic N) is 1. The Kier molecular flexibility index (Phi) is 5.38. The number of fused-ring (bicyclic) bond motifs is 1. The van der Waals surface area contributed by atoms with Gasteiger partial charge < -0.3 is 10.3 Å². The van der Waals surface area contributed by atoms with E-state index in [1.807, 2.05) is 0 Å². The van der Waals surface area contributed by atoms with Crippen molar-refractivity contribution < 1.29 is 17.6 Å². The van der Waals surface area contributed by atoms with Crippen LogP contribution in [0.3, 0.4) is 0 Å². The molecule has 152 valence electrons. The van der Waals surface area contributed by atoms with Crippen molar-refractivity contribution in [1.82, 2.24) is 9.29 Å². The molecule has 2 N–H and O–H groups in total. The molecule has 1 saturated heterocycles. The fraction of sp³-hybridized carbons (Fsp3) is 0.286. The number of aromatic nitrogens is 1. The van der Waals surface area contributed by atoms with E-state index in [0.29, 0.717) is 24.3 Å². The van der Waals surface area contributed by atoms with Crippen LogP contribution >= 0.6 is 0 Å². The zero-order valence-electron chi connectivity index (χ0n) is 15.8. The first-order chi connectivity index (χ1) is 13.9. The maximum absolute atomic E-state index is 13.3. The second-order valence-corrected chi connectivity index (χ2v) is 9.16. The monoisotopic (exact) mass is 415 g/mol. The summed E-state index contributed by atoms with van der Waals surface area (Å²) in [5.41, 5.74) is 1.93. The van der Waals surface area contributed by atoms with E-state index in [1.165, 1.54) is 28.6 Å². The number of amides is 1. The van der Waals surface area contributed by atoms with Crippen molar-refractivity contribution in [2.24, 2.45) is 0 Å². The van der Waals surface area contributed by atoms with Crippen LogP contribution in [0.2, 0.25) is 0 Å². The van der Waals surface area contributed by atoms with Crippen LogP contribution in [0.5, 0.6) is 0 Å². The number of H-pyrrole nitrogens is 1. The van der Waals surface area contributed by atoms with E-state index >= 15 is 0 Å². The van der Waals surface area contributed by atoms with E-state index in [2.05, 4.69) is 10.3 Å². The lowest BCUT2D eigenvalue weighted by Gasteiger charge is -2.25. The molecule has 29 heavy (non-hydrogen) atoms. The van der Waals surface area contributed by atoms with Crippen molar-refractivity contribution in [1.29, 1.82) is 0 Å². The van der Waals surface area contributed by atoms with Gasteiger partial charge in [-0.05, 0) is 60.9 Å². The van der Waals surface area contributed by atoms with Gasteiger partial charge in [-0.2, -0.15) is 4.31 Å². The highest BCUT2D eigenvalue weighted by Gasteiger charge is 2.25. The number of halogens is 1. The minimum atomic E-state index is -3.49. The minimum absolute atomic E-state index is 0.124. The molecule has 0 bridgehead atoms. The summed E-state index contributed by atoms with van der Waals surface area (Å²) >= 11 is 0. The zero-order valence-corrected chi connectivity index (χ0v) is 16.6. The molecule has 0 saturated carbocycles. The molecule has 0 atom stereocenters.